The number of azo groups is 2. The van der Waals surface area contributed by atoms with E-state index in [1.807, 2.05) is 0 Å². The monoisotopic (exact) mass is 820 g/mol. The van der Waals surface area contributed by atoms with E-state index < -0.39 is 86.0 Å². The van der Waals surface area contributed by atoms with Gasteiger partial charge in [-0.05, 0) is 0 Å². The first-order valence-corrected chi connectivity index (χ1v) is 20.2. The van der Waals surface area contributed by atoms with Gasteiger partial charge < -0.3 is 0 Å². The first-order valence-electron chi connectivity index (χ1n) is 11.3. The Morgan fingerprint density at radius 1 is 0.739 bits per heavy atom. The van der Waals surface area contributed by atoms with Crippen molar-refractivity contribution in [1.29, 1.82) is 0 Å². The average Bonchev–Trinajstić information content (AvgIpc) is 2.93. The second kappa shape index (κ2) is 16.4. The molecular weight excluding hydrogens is 804 g/mol. The fourth-order valence-electron chi connectivity index (χ4n) is 3.76. The third kappa shape index (κ3) is 9.41. The topological polar surface area (TPSA) is 304 Å². The van der Waals surface area contributed by atoms with Crippen molar-refractivity contribution in [3.8, 4) is 11.5 Å². The molecule has 0 spiro atoms. The normalized spacial score (nSPS) is 12.4. The van der Waals surface area contributed by atoms with E-state index in [4.69, 9.17) is 0 Å². The van der Waals surface area contributed by atoms with Gasteiger partial charge in [0.15, 0.2) is 0 Å². The number of hydrogen-bond acceptors (Lipinski definition) is 15. The summed E-state index contributed by atoms with van der Waals surface area (Å²) in [5.74, 6) is -2.12. The van der Waals surface area contributed by atoms with Gasteiger partial charge in [-0.25, -0.2) is 0 Å². The number of phenols is 2. The van der Waals surface area contributed by atoms with Gasteiger partial charge >= 0.3 is 316 Å². The standard InChI is InChI=1S/C22H18As2N4O14S2.2Na/c29-21-18-11(9-16(43-42-41-37)19(21)27-25-14-7-3-1-5-12(14)23(31,32)33)10-17(44(38,39)40)20(22(18)30)28-26-15-8-4-2-6-13(15)24(34,35)36;;/h1-10,29-30,37H,(H2,31,32,33)(H2,34,35,36)(H,38,39,40);;/q;2*+1/p-2. The van der Waals surface area contributed by atoms with Crippen LogP contribution in [0, 0.1) is 0 Å². The van der Waals surface area contributed by atoms with Gasteiger partial charge in [0.05, 0.1) is 0 Å². The Kier molecular flexibility index (Phi) is 14.5. The number of rotatable bonds is 10. The number of nitrogens with zero attached hydrogens (tertiary/aromatic N) is 4. The number of fused-ring (bicyclic) bond motifs is 1. The summed E-state index contributed by atoms with van der Waals surface area (Å²) in [5, 5.41) is 49.7. The molecule has 0 unspecified atom stereocenters. The molecule has 0 fully saturated rings. The number of benzene rings is 4. The Morgan fingerprint density at radius 2 is 1.20 bits per heavy atom. The molecule has 6 N–H and O–H groups in total. The van der Waals surface area contributed by atoms with Crippen LogP contribution in [0.4, 0.5) is 22.7 Å². The van der Waals surface area contributed by atoms with Gasteiger partial charge in [0.2, 0.25) is 0 Å². The van der Waals surface area contributed by atoms with Crippen LogP contribution in [0.5, 0.6) is 11.5 Å². The SMILES string of the molecule is O=S(=O)([O-])c1cc2cc(SOO[O-])c(N=Nc3ccccc3[As](=O)(O)O)c(O)c2c(O)c1N=Nc1ccccc1[As](=O)(O)O.[Na+].[Na+]. The molecule has 0 bridgehead atoms. The molecule has 0 heterocycles. The number of aromatic hydroxyl groups is 2. The quantitative estimate of drug-likeness (QED) is 0.0217. The van der Waals surface area contributed by atoms with Gasteiger partial charge in [-0.2, -0.15) is 0 Å². The van der Waals surface area contributed by atoms with E-state index in [1.165, 1.54) is 30.3 Å². The molecule has 24 heteroatoms. The van der Waals surface area contributed by atoms with Crippen LogP contribution >= 0.6 is 12.0 Å². The van der Waals surface area contributed by atoms with Crippen LogP contribution in [0.15, 0.2) is 90.9 Å². The van der Waals surface area contributed by atoms with Gasteiger partial charge in [0, 0.05) is 0 Å². The van der Waals surface area contributed by atoms with Gasteiger partial charge in [-0.15, -0.1) is 0 Å². The van der Waals surface area contributed by atoms with Crippen molar-refractivity contribution < 1.29 is 121 Å². The van der Waals surface area contributed by atoms with E-state index >= 15 is 0 Å². The molecule has 232 valence electrons. The molecule has 0 aliphatic carbocycles. The Labute approximate surface area is 312 Å². The Balaban J connectivity index is 0.00000368. The number of hydrogen-bond donors (Lipinski definition) is 6. The third-order valence-corrected chi connectivity index (χ3v) is 11.3. The van der Waals surface area contributed by atoms with Crippen LogP contribution in [-0.2, 0) is 27.0 Å². The molecule has 0 amide bonds. The second-order valence-electron chi connectivity index (χ2n) is 8.38. The van der Waals surface area contributed by atoms with Gasteiger partial charge in [-0.3, -0.25) is 0 Å². The van der Waals surface area contributed by atoms with Crippen LogP contribution in [-0.4, -0.2) is 67.9 Å². The third-order valence-electron chi connectivity index (χ3n) is 5.58. The molecule has 0 radical (unpaired) electrons. The maximum absolute atomic E-state index is 12.1. The Bertz CT molecular complexity index is 2040. The minimum atomic E-state index is -5.58. The molecule has 0 aliphatic heterocycles. The maximum atomic E-state index is 12.1. The predicted molar refractivity (Wildman–Crippen MR) is 146 cm³/mol. The van der Waals surface area contributed by atoms with Crippen LogP contribution in [0.25, 0.3) is 10.8 Å². The maximum Gasteiger partial charge on any atom is 1.00 e. The van der Waals surface area contributed by atoms with Crippen molar-refractivity contribution in [1.82, 2.24) is 0 Å². The zero-order chi connectivity index (χ0) is 32.4. The summed E-state index contributed by atoms with van der Waals surface area (Å²) in [6.45, 7) is 0. The van der Waals surface area contributed by atoms with Gasteiger partial charge in [0.1, 0.15) is 0 Å². The van der Waals surface area contributed by atoms with Crippen molar-refractivity contribution >= 4 is 92.7 Å². The molecular formula is C22H16As2N4Na2O14S2. The van der Waals surface area contributed by atoms with E-state index in [-0.39, 0.29) is 87.1 Å². The van der Waals surface area contributed by atoms with Crippen LogP contribution in [0.3, 0.4) is 0 Å². The fraction of sp³-hybridized carbons (Fsp3) is 0. The summed E-state index contributed by atoms with van der Waals surface area (Å²) in [4.78, 5) is -1.47. The van der Waals surface area contributed by atoms with Crippen molar-refractivity contribution in [3.05, 3.63) is 60.7 Å². The summed E-state index contributed by atoms with van der Waals surface area (Å²) in [6.07, 6.45) is 0. The van der Waals surface area contributed by atoms with Crippen molar-refractivity contribution in [2.24, 2.45) is 20.5 Å². The van der Waals surface area contributed by atoms with E-state index in [2.05, 4.69) is 29.8 Å². The van der Waals surface area contributed by atoms with Crippen LogP contribution in [0.1, 0.15) is 0 Å². The molecule has 0 saturated heterocycles. The zero-order valence-corrected chi connectivity index (χ0v) is 32.6. The van der Waals surface area contributed by atoms with Crippen LogP contribution in [0.2, 0.25) is 0 Å². The van der Waals surface area contributed by atoms with Crippen molar-refractivity contribution in [2.45, 2.75) is 9.79 Å². The molecule has 18 nitrogen and oxygen atoms in total. The van der Waals surface area contributed by atoms with Crippen molar-refractivity contribution in [2.75, 3.05) is 0 Å². The van der Waals surface area contributed by atoms with E-state index in [0.29, 0.717) is 6.07 Å². The predicted octanol–water partition coefficient (Wildman–Crippen LogP) is -5.65. The number of phenolic OH excluding ortho intramolecular Hbond substituents is 2. The van der Waals surface area contributed by atoms with E-state index in [9.17, 15) is 52.3 Å². The second-order valence-corrected chi connectivity index (χ2v) is 17.1. The largest absolute Gasteiger partial charge is 1.00 e. The minimum absolute atomic E-state index is 0. The van der Waals surface area contributed by atoms with Crippen LogP contribution < -0.4 is 73.1 Å². The molecule has 46 heavy (non-hydrogen) atoms. The Hall–Kier alpha value is -1.36. The minimum Gasteiger partial charge on any atom is 1.00 e. The van der Waals surface area contributed by atoms with Gasteiger partial charge in [0.25, 0.3) is 0 Å². The summed E-state index contributed by atoms with van der Waals surface area (Å²) in [6, 6.07) is 11.5. The molecule has 0 aliphatic rings. The molecule has 4 rings (SSSR count). The van der Waals surface area contributed by atoms with E-state index in [0.717, 1.165) is 24.3 Å². The summed E-state index contributed by atoms with van der Waals surface area (Å²) >= 11 is -11.0. The summed E-state index contributed by atoms with van der Waals surface area (Å²) in [5.41, 5.74) is -2.34. The molecule has 4 aromatic rings. The summed E-state index contributed by atoms with van der Waals surface area (Å²) < 4.78 is 102. The molecule has 0 atom stereocenters. The van der Waals surface area contributed by atoms with E-state index in [1.54, 1.807) is 0 Å². The zero-order valence-electron chi connectivity index (χ0n) is 23.2. The first-order chi connectivity index (χ1) is 20.5. The molecule has 0 saturated carbocycles. The Morgan fingerprint density at radius 3 is 1.65 bits per heavy atom. The summed E-state index contributed by atoms with van der Waals surface area (Å²) in [7, 11) is -5.43. The smallest absolute Gasteiger partial charge is 1.00 e. The average molecular weight is 820 g/mol. The van der Waals surface area contributed by atoms with Gasteiger partial charge in [-0.1, -0.05) is 0 Å². The molecule has 0 aromatic heterocycles. The van der Waals surface area contributed by atoms with Crippen molar-refractivity contribution in [3.63, 3.8) is 0 Å². The first kappa shape index (κ1) is 40.8. The fourth-order valence-corrected chi connectivity index (χ4v) is 7.82. The molecule has 4 aromatic carbocycles.